The fourth-order valence-corrected chi connectivity index (χ4v) is 3.82. The molecule has 2 bridgehead atoms. The van der Waals surface area contributed by atoms with Crippen molar-refractivity contribution >= 4 is 29.1 Å². The van der Waals surface area contributed by atoms with Crippen LogP contribution in [0, 0.1) is 6.92 Å². The van der Waals surface area contributed by atoms with Crippen molar-refractivity contribution in [2.45, 2.75) is 50.9 Å². The van der Waals surface area contributed by atoms with Gasteiger partial charge < -0.3 is 20.1 Å². The van der Waals surface area contributed by atoms with Gasteiger partial charge in [0.2, 0.25) is 5.95 Å². The second kappa shape index (κ2) is 8.08. The lowest BCUT2D eigenvalue weighted by Crippen LogP contribution is -2.29. The normalized spacial score (nSPS) is 24.9. The number of rotatable bonds is 2. The van der Waals surface area contributed by atoms with Crippen molar-refractivity contribution in [1.82, 2.24) is 19.7 Å². The maximum atomic E-state index is 14.6. The van der Waals surface area contributed by atoms with Gasteiger partial charge in [-0.2, -0.15) is 4.98 Å². The molecule has 3 heterocycles. The monoisotopic (exact) mass is 410 g/mol. The summed E-state index contributed by atoms with van der Waals surface area (Å²) in [7, 11) is 1.61. The molecular weight excluding hydrogens is 387 g/mol. The number of aromatic nitrogens is 4. The molecule has 152 valence electrons. The van der Waals surface area contributed by atoms with Crippen LogP contribution < -0.4 is 15.4 Å². The molecule has 0 radical (unpaired) electrons. The standard InChI is InChI=1S/C18H24ClFN6O2/c1-10-15-17(25-26(10)14-6-4-3-5-13(14)20)28-9-11(27-2)7-21-16-12(19)8-22-18(23-15)24-16/h8,11,13-14H,3-7,9H2,1-2H3,(H2,21,22,23,24). The second-order valence-corrected chi connectivity index (χ2v) is 7.55. The molecule has 2 aromatic rings. The van der Waals surface area contributed by atoms with Gasteiger partial charge in [0.05, 0.1) is 17.9 Å². The Balaban J connectivity index is 1.74. The molecule has 8 nitrogen and oxygen atoms in total. The molecule has 0 aromatic carbocycles. The predicted octanol–water partition coefficient (Wildman–Crippen LogP) is 3.65. The Labute approximate surface area is 167 Å². The fourth-order valence-electron chi connectivity index (χ4n) is 3.66. The van der Waals surface area contributed by atoms with Crippen LogP contribution in [0.25, 0.3) is 0 Å². The summed E-state index contributed by atoms with van der Waals surface area (Å²) in [4.78, 5) is 8.67. The highest BCUT2D eigenvalue weighted by Gasteiger charge is 2.31. The van der Waals surface area contributed by atoms with Crippen LogP contribution in [0.5, 0.6) is 5.88 Å². The van der Waals surface area contributed by atoms with Crippen LogP contribution >= 0.6 is 11.6 Å². The smallest absolute Gasteiger partial charge is 0.257 e. The summed E-state index contributed by atoms with van der Waals surface area (Å²) in [5, 5.41) is 11.3. The third-order valence-electron chi connectivity index (χ3n) is 5.30. The van der Waals surface area contributed by atoms with Crippen molar-refractivity contribution in [2.24, 2.45) is 0 Å². The number of hydrogen-bond donors (Lipinski definition) is 2. The molecule has 1 fully saturated rings. The molecule has 0 amide bonds. The number of hydrogen-bond acceptors (Lipinski definition) is 7. The van der Waals surface area contributed by atoms with Crippen molar-refractivity contribution in [3.63, 3.8) is 0 Å². The maximum Gasteiger partial charge on any atom is 0.257 e. The van der Waals surface area contributed by atoms with E-state index in [-0.39, 0.29) is 18.8 Å². The first-order chi connectivity index (χ1) is 13.6. The maximum absolute atomic E-state index is 14.6. The Morgan fingerprint density at radius 2 is 2.18 bits per heavy atom. The Hall–Kier alpha value is -2.13. The van der Waals surface area contributed by atoms with E-state index in [1.54, 1.807) is 11.8 Å². The lowest BCUT2D eigenvalue weighted by Gasteiger charge is -2.27. The van der Waals surface area contributed by atoms with Crippen LogP contribution in [0.1, 0.15) is 37.4 Å². The number of alkyl halides is 1. The number of halogens is 2. The Bertz CT molecular complexity index is 848. The van der Waals surface area contributed by atoms with Crippen molar-refractivity contribution in [3.05, 3.63) is 16.9 Å². The minimum Gasteiger partial charge on any atom is -0.472 e. The molecule has 28 heavy (non-hydrogen) atoms. The van der Waals surface area contributed by atoms with E-state index >= 15 is 0 Å². The van der Waals surface area contributed by atoms with E-state index in [1.807, 2.05) is 6.92 Å². The molecule has 2 N–H and O–H groups in total. The van der Waals surface area contributed by atoms with Gasteiger partial charge in [0, 0.05) is 13.7 Å². The van der Waals surface area contributed by atoms with Crippen LogP contribution in [0.15, 0.2) is 6.20 Å². The summed E-state index contributed by atoms with van der Waals surface area (Å²) >= 11 is 6.19. The van der Waals surface area contributed by atoms with E-state index in [0.717, 1.165) is 25.0 Å². The van der Waals surface area contributed by atoms with Crippen LogP contribution in [0.2, 0.25) is 5.02 Å². The summed E-state index contributed by atoms with van der Waals surface area (Å²) in [5.74, 6) is 1.25. The second-order valence-electron chi connectivity index (χ2n) is 7.14. The molecule has 3 unspecified atom stereocenters. The van der Waals surface area contributed by atoms with Gasteiger partial charge in [-0.25, -0.2) is 9.37 Å². The van der Waals surface area contributed by atoms with E-state index in [0.29, 0.717) is 41.3 Å². The highest BCUT2D eigenvalue weighted by atomic mass is 35.5. The predicted molar refractivity (Wildman–Crippen MR) is 104 cm³/mol. The van der Waals surface area contributed by atoms with Gasteiger partial charge in [-0.05, 0) is 19.8 Å². The number of methoxy groups -OCH3 is 1. The zero-order chi connectivity index (χ0) is 19.7. The molecule has 0 spiro atoms. The lowest BCUT2D eigenvalue weighted by molar-refractivity contribution is 0.0650. The Morgan fingerprint density at radius 1 is 1.36 bits per heavy atom. The summed E-state index contributed by atoms with van der Waals surface area (Å²) in [6, 6.07) is -0.291. The zero-order valence-corrected chi connectivity index (χ0v) is 16.7. The Morgan fingerprint density at radius 3 is 2.96 bits per heavy atom. The molecule has 10 heteroatoms. The minimum absolute atomic E-state index is 0.241. The minimum atomic E-state index is -0.916. The first kappa shape index (κ1) is 19.2. The number of anilines is 3. The quantitative estimate of drug-likeness (QED) is 0.781. The van der Waals surface area contributed by atoms with E-state index < -0.39 is 6.17 Å². The van der Waals surface area contributed by atoms with Gasteiger partial charge in [0.15, 0.2) is 5.82 Å². The fraction of sp³-hybridized carbons (Fsp3) is 0.611. The molecule has 4 rings (SSSR count). The lowest BCUT2D eigenvalue weighted by atomic mass is 9.93. The summed E-state index contributed by atoms with van der Waals surface area (Å²) in [5.41, 5.74) is 1.41. The van der Waals surface area contributed by atoms with Gasteiger partial charge in [0.1, 0.15) is 29.6 Å². The molecule has 2 aromatic heterocycles. The van der Waals surface area contributed by atoms with Crippen molar-refractivity contribution < 1.29 is 13.9 Å². The van der Waals surface area contributed by atoms with E-state index in [1.165, 1.54) is 6.20 Å². The molecule has 0 saturated heterocycles. The highest BCUT2D eigenvalue weighted by Crippen LogP contribution is 2.37. The van der Waals surface area contributed by atoms with Crippen LogP contribution in [-0.2, 0) is 4.74 Å². The molecule has 1 aliphatic carbocycles. The number of ether oxygens (including phenoxy) is 2. The molecule has 1 aliphatic heterocycles. The molecule has 3 atom stereocenters. The summed E-state index contributed by atoms with van der Waals surface area (Å²) in [6.07, 6.45) is 3.59. The number of nitrogens with zero attached hydrogens (tertiary/aromatic N) is 4. The summed E-state index contributed by atoms with van der Waals surface area (Å²) in [6.45, 7) is 2.63. The highest BCUT2D eigenvalue weighted by molar-refractivity contribution is 6.32. The number of nitrogens with one attached hydrogen (secondary N) is 2. The Kier molecular flexibility index (Phi) is 5.54. The third-order valence-corrected chi connectivity index (χ3v) is 5.57. The van der Waals surface area contributed by atoms with E-state index in [2.05, 4.69) is 25.7 Å². The van der Waals surface area contributed by atoms with E-state index in [4.69, 9.17) is 21.1 Å². The molecule has 1 saturated carbocycles. The van der Waals surface area contributed by atoms with Crippen molar-refractivity contribution in [1.29, 1.82) is 0 Å². The molecular formula is C18H24ClFN6O2. The summed E-state index contributed by atoms with van der Waals surface area (Å²) < 4.78 is 27.7. The van der Waals surface area contributed by atoms with Crippen LogP contribution in [0.4, 0.5) is 21.8 Å². The largest absolute Gasteiger partial charge is 0.472 e. The van der Waals surface area contributed by atoms with Crippen molar-refractivity contribution in [2.75, 3.05) is 30.9 Å². The average Bonchev–Trinajstić information content (AvgIpc) is 2.98. The van der Waals surface area contributed by atoms with Gasteiger partial charge >= 0.3 is 0 Å². The first-order valence-electron chi connectivity index (χ1n) is 9.49. The average molecular weight is 411 g/mol. The first-order valence-corrected chi connectivity index (χ1v) is 9.86. The van der Waals surface area contributed by atoms with Crippen molar-refractivity contribution in [3.8, 4) is 5.88 Å². The van der Waals surface area contributed by atoms with Gasteiger partial charge in [-0.1, -0.05) is 24.4 Å². The molecule has 2 aliphatic rings. The van der Waals surface area contributed by atoms with Gasteiger partial charge in [-0.15, -0.1) is 5.10 Å². The van der Waals surface area contributed by atoms with E-state index in [9.17, 15) is 4.39 Å². The number of fused-ring (bicyclic) bond motifs is 3. The van der Waals surface area contributed by atoms with Gasteiger partial charge in [-0.3, -0.25) is 4.68 Å². The zero-order valence-electron chi connectivity index (χ0n) is 15.9. The van der Waals surface area contributed by atoms with Crippen LogP contribution in [0.3, 0.4) is 0 Å². The topological polar surface area (TPSA) is 86.1 Å². The van der Waals surface area contributed by atoms with Gasteiger partial charge in [0.25, 0.3) is 5.88 Å². The van der Waals surface area contributed by atoms with Crippen LogP contribution in [-0.4, -0.2) is 52.3 Å². The SMILES string of the molecule is COC1CNc2nc(ncc2Cl)Nc2c(nn(C3CCCCC3F)c2C)OC1. The third kappa shape index (κ3) is 3.73.